The molecule has 0 aliphatic heterocycles. The lowest BCUT2D eigenvalue weighted by atomic mass is 9.67. The summed E-state index contributed by atoms with van der Waals surface area (Å²) in [6, 6.07) is 4.51. The van der Waals surface area contributed by atoms with Crippen molar-refractivity contribution in [1.29, 1.82) is 0 Å². The Morgan fingerprint density at radius 3 is 2.21 bits per heavy atom. The van der Waals surface area contributed by atoms with E-state index in [9.17, 15) is 4.79 Å². The van der Waals surface area contributed by atoms with E-state index < -0.39 is 0 Å². The topological polar surface area (TPSA) is 29.4 Å². The highest BCUT2D eigenvalue weighted by molar-refractivity contribution is 5.44. The Kier molecular flexibility index (Phi) is 4.21. The van der Waals surface area contributed by atoms with E-state index in [0.29, 0.717) is 6.54 Å². The smallest absolute Gasteiger partial charge is 0.211 e. The molecule has 1 saturated carbocycles. The first-order chi connectivity index (χ1) is 9.09. The second-order valence-electron chi connectivity index (χ2n) is 6.02. The van der Waals surface area contributed by atoms with E-state index in [1.54, 1.807) is 6.08 Å². The fourth-order valence-corrected chi connectivity index (χ4v) is 3.92. The maximum absolute atomic E-state index is 10.6. The normalized spacial score (nSPS) is 17.8. The van der Waals surface area contributed by atoms with E-state index >= 15 is 0 Å². The fraction of sp³-hybridized carbons (Fsp3) is 0.588. The summed E-state index contributed by atoms with van der Waals surface area (Å²) >= 11 is 0. The van der Waals surface area contributed by atoms with Crippen molar-refractivity contribution in [1.82, 2.24) is 0 Å². The molecule has 1 aromatic rings. The molecule has 0 heterocycles. The van der Waals surface area contributed by atoms with Gasteiger partial charge in [-0.25, -0.2) is 9.79 Å². The quantitative estimate of drug-likeness (QED) is 0.591. The predicted molar refractivity (Wildman–Crippen MR) is 78.4 cm³/mol. The molecule has 2 nitrogen and oxygen atoms in total. The second kappa shape index (κ2) is 5.71. The van der Waals surface area contributed by atoms with Crippen LogP contribution >= 0.6 is 0 Å². The van der Waals surface area contributed by atoms with Crippen LogP contribution in [0.5, 0.6) is 0 Å². The summed E-state index contributed by atoms with van der Waals surface area (Å²) in [5, 5.41) is 0. The number of aryl methyl sites for hydroxylation is 3. The van der Waals surface area contributed by atoms with Crippen LogP contribution in [0.2, 0.25) is 0 Å². The van der Waals surface area contributed by atoms with Gasteiger partial charge in [-0.1, -0.05) is 37.0 Å². The standard InChI is InChI=1S/C17H23NO/c1-13-9-14(2)16(15(3)10-13)17(11-18-12-19)7-5-4-6-8-17/h9-10H,4-8,11H2,1-3H3. The van der Waals surface area contributed by atoms with Crippen molar-refractivity contribution < 1.29 is 4.79 Å². The highest BCUT2D eigenvalue weighted by Gasteiger charge is 2.36. The molecule has 2 rings (SSSR count). The Hall–Kier alpha value is -1.40. The molecule has 0 bridgehead atoms. The number of isocyanates is 1. The molecule has 0 aromatic heterocycles. The van der Waals surface area contributed by atoms with Crippen molar-refractivity contribution in [2.75, 3.05) is 6.54 Å². The van der Waals surface area contributed by atoms with Gasteiger partial charge in [0.2, 0.25) is 6.08 Å². The number of nitrogens with zero attached hydrogens (tertiary/aromatic N) is 1. The Morgan fingerprint density at radius 2 is 1.68 bits per heavy atom. The van der Waals surface area contributed by atoms with Gasteiger partial charge in [-0.2, -0.15) is 0 Å². The molecule has 0 radical (unpaired) electrons. The van der Waals surface area contributed by atoms with E-state index in [1.165, 1.54) is 41.5 Å². The third kappa shape index (κ3) is 2.79. The second-order valence-corrected chi connectivity index (χ2v) is 6.02. The summed E-state index contributed by atoms with van der Waals surface area (Å²) in [5.41, 5.74) is 5.50. The Balaban J connectivity index is 2.51. The van der Waals surface area contributed by atoms with Gasteiger partial charge in [0.15, 0.2) is 0 Å². The summed E-state index contributed by atoms with van der Waals surface area (Å²) < 4.78 is 0. The maximum atomic E-state index is 10.6. The molecule has 0 unspecified atom stereocenters. The molecule has 1 fully saturated rings. The van der Waals surface area contributed by atoms with Gasteiger partial charge >= 0.3 is 0 Å². The molecule has 19 heavy (non-hydrogen) atoms. The zero-order valence-corrected chi connectivity index (χ0v) is 12.3. The summed E-state index contributed by atoms with van der Waals surface area (Å²) in [7, 11) is 0. The predicted octanol–water partition coefficient (Wildman–Crippen LogP) is 4.15. The van der Waals surface area contributed by atoms with E-state index in [-0.39, 0.29) is 5.41 Å². The third-order valence-corrected chi connectivity index (χ3v) is 4.46. The summed E-state index contributed by atoms with van der Waals surface area (Å²) in [6.07, 6.45) is 7.79. The van der Waals surface area contributed by atoms with Crippen LogP contribution in [0, 0.1) is 20.8 Å². The molecule has 0 saturated heterocycles. The van der Waals surface area contributed by atoms with E-state index in [1.807, 2.05) is 0 Å². The highest BCUT2D eigenvalue weighted by atomic mass is 16.1. The first-order valence-electron chi connectivity index (χ1n) is 7.21. The average Bonchev–Trinajstić information content (AvgIpc) is 2.36. The van der Waals surface area contributed by atoms with Crippen LogP contribution in [0.3, 0.4) is 0 Å². The van der Waals surface area contributed by atoms with Crippen LogP contribution in [-0.2, 0) is 10.2 Å². The summed E-state index contributed by atoms with van der Waals surface area (Å²) in [4.78, 5) is 14.5. The highest BCUT2D eigenvalue weighted by Crippen LogP contribution is 2.42. The Morgan fingerprint density at radius 1 is 1.11 bits per heavy atom. The van der Waals surface area contributed by atoms with Gasteiger partial charge < -0.3 is 0 Å². The van der Waals surface area contributed by atoms with Crippen molar-refractivity contribution in [2.24, 2.45) is 4.99 Å². The zero-order chi connectivity index (χ0) is 13.9. The largest absolute Gasteiger partial charge is 0.234 e. The molecule has 1 aromatic carbocycles. The first-order valence-corrected chi connectivity index (χ1v) is 7.21. The third-order valence-electron chi connectivity index (χ3n) is 4.46. The number of benzene rings is 1. The van der Waals surface area contributed by atoms with Crippen LogP contribution < -0.4 is 0 Å². The van der Waals surface area contributed by atoms with Crippen LogP contribution in [0.1, 0.15) is 54.4 Å². The monoisotopic (exact) mass is 257 g/mol. The van der Waals surface area contributed by atoms with Gasteiger partial charge in [-0.3, -0.25) is 0 Å². The minimum Gasteiger partial charge on any atom is -0.211 e. The molecule has 1 aliphatic carbocycles. The van der Waals surface area contributed by atoms with Gasteiger partial charge in [-0.05, 0) is 50.3 Å². The summed E-state index contributed by atoms with van der Waals surface area (Å²) in [5.74, 6) is 0. The minimum atomic E-state index is 0.0670. The van der Waals surface area contributed by atoms with Crippen molar-refractivity contribution in [3.63, 3.8) is 0 Å². The summed E-state index contributed by atoms with van der Waals surface area (Å²) in [6.45, 7) is 7.12. The molecule has 102 valence electrons. The Labute approximate surface area is 115 Å². The van der Waals surface area contributed by atoms with Crippen molar-refractivity contribution in [3.8, 4) is 0 Å². The molecule has 0 N–H and O–H groups in total. The molecule has 0 spiro atoms. The van der Waals surface area contributed by atoms with Crippen molar-refractivity contribution in [3.05, 3.63) is 34.4 Å². The van der Waals surface area contributed by atoms with Gasteiger partial charge in [0.05, 0.1) is 6.54 Å². The maximum Gasteiger partial charge on any atom is 0.234 e. The zero-order valence-electron chi connectivity index (χ0n) is 12.3. The average molecular weight is 257 g/mol. The molecule has 0 atom stereocenters. The van der Waals surface area contributed by atoms with E-state index in [4.69, 9.17) is 0 Å². The van der Waals surface area contributed by atoms with E-state index in [0.717, 1.165) is 12.8 Å². The molecular weight excluding hydrogens is 234 g/mol. The van der Waals surface area contributed by atoms with Crippen LogP contribution in [0.15, 0.2) is 17.1 Å². The number of hydrogen-bond donors (Lipinski definition) is 0. The molecule has 0 amide bonds. The van der Waals surface area contributed by atoms with Gasteiger partial charge in [0.25, 0.3) is 0 Å². The Bertz CT molecular complexity index is 483. The van der Waals surface area contributed by atoms with E-state index in [2.05, 4.69) is 37.9 Å². The minimum absolute atomic E-state index is 0.0670. The van der Waals surface area contributed by atoms with Gasteiger partial charge in [-0.15, -0.1) is 0 Å². The van der Waals surface area contributed by atoms with Gasteiger partial charge in [0, 0.05) is 5.41 Å². The first kappa shape index (κ1) is 14.0. The van der Waals surface area contributed by atoms with Crippen molar-refractivity contribution in [2.45, 2.75) is 58.3 Å². The number of hydrogen-bond acceptors (Lipinski definition) is 2. The SMILES string of the molecule is Cc1cc(C)c(C2(CN=C=O)CCCCC2)c(C)c1. The van der Waals surface area contributed by atoms with Crippen LogP contribution in [0.4, 0.5) is 0 Å². The lowest BCUT2D eigenvalue weighted by Gasteiger charge is -2.38. The lowest BCUT2D eigenvalue weighted by Crippen LogP contribution is -2.34. The molecule has 1 aliphatic rings. The number of carbonyl (C=O) groups excluding carboxylic acids is 1. The van der Waals surface area contributed by atoms with Crippen LogP contribution in [-0.4, -0.2) is 12.6 Å². The molecular formula is C17H23NO. The van der Waals surface area contributed by atoms with Crippen molar-refractivity contribution >= 4 is 6.08 Å². The van der Waals surface area contributed by atoms with Crippen LogP contribution in [0.25, 0.3) is 0 Å². The molecule has 2 heteroatoms. The number of rotatable bonds is 3. The lowest BCUT2D eigenvalue weighted by molar-refractivity contribution is 0.299. The fourth-order valence-electron chi connectivity index (χ4n) is 3.92. The van der Waals surface area contributed by atoms with Gasteiger partial charge in [0.1, 0.15) is 0 Å². The number of aliphatic imine (C=N–C) groups is 1.